The van der Waals surface area contributed by atoms with E-state index in [1.54, 1.807) is 0 Å². The molecule has 3 N–H and O–H groups in total. The highest BCUT2D eigenvalue weighted by atomic mass is 35.5. The average Bonchev–Trinajstić information content (AvgIpc) is 2.84. The van der Waals surface area contributed by atoms with Gasteiger partial charge >= 0.3 is 0 Å². The summed E-state index contributed by atoms with van der Waals surface area (Å²) in [6.07, 6.45) is 6.39. The SMILES string of the molecule is CC(N)CC(=O)Nc1nc2ccccc2n1C1CCCCC1.Cl. The number of hydrogen-bond acceptors (Lipinski definition) is 3. The molecule has 1 heterocycles. The maximum absolute atomic E-state index is 12.1. The zero-order valence-corrected chi connectivity index (χ0v) is 14.3. The summed E-state index contributed by atoms with van der Waals surface area (Å²) >= 11 is 0. The maximum atomic E-state index is 12.1. The number of nitrogens with one attached hydrogen (secondary N) is 1. The topological polar surface area (TPSA) is 72.9 Å². The Morgan fingerprint density at radius 3 is 2.74 bits per heavy atom. The molecular weight excluding hydrogens is 312 g/mol. The fourth-order valence-electron chi connectivity index (χ4n) is 3.31. The Balaban J connectivity index is 0.00000192. The highest BCUT2D eigenvalue weighted by Gasteiger charge is 2.22. The quantitative estimate of drug-likeness (QED) is 0.895. The van der Waals surface area contributed by atoms with Crippen LogP contribution < -0.4 is 11.1 Å². The standard InChI is InChI=1S/C17H24N4O.ClH/c1-12(18)11-16(22)20-17-19-14-9-5-6-10-15(14)21(17)13-7-3-2-4-8-13;/h5-6,9-10,12-13H,2-4,7-8,11,18H2,1H3,(H,19,20,22);1H. The van der Waals surface area contributed by atoms with E-state index in [0.717, 1.165) is 23.9 Å². The minimum Gasteiger partial charge on any atom is -0.327 e. The van der Waals surface area contributed by atoms with Crippen molar-refractivity contribution in [2.75, 3.05) is 5.32 Å². The van der Waals surface area contributed by atoms with Crippen LogP contribution in [0.1, 0.15) is 51.5 Å². The van der Waals surface area contributed by atoms with E-state index in [0.29, 0.717) is 18.4 Å². The smallest absolute Gasteiger partial charge is 0.228 e. The van der Waals surface area contributed by atoms with Crippen LogP contribution in [0.4, 0.5) is 5.95 Å². The first-order valence-corrected chi connectivity index (χ1v) is 8.17. The number of amides is 1. The normalized spacial score (nSPS) is 16.8. The molecular formula is C17H25ClN4O. The number of nitrogens with two attached hydrogens (primary N) is 1. The Kier molecular flexibility index (Phi) is 6.02. The molecule has 126 valence electrons. The van der Waals surface area contributed by atoms with Gasteiger partial charge in [-0.15, -0.1) is 12.4 Å². The molecule has 3 rings (SSSR count). The van der Waals surface area contributed by atoms with Gasteiger partial charge in [-0.05, 0) is 31.9 Å². The number of hydrogen-bond donors (Lipinski definition) is 2. The number of rotatable bonds is 4. The molecule has 0 bridgehead atoms. The molecule has 23 heavy (non-hydrogen) atoms. The lowest BCUT2D eigenvalue weighted by molar-refractivity contribution is -0.116. The molecule has 1 unspecified atom stereocenters. The lowest BCUT2D eigenvalue weighted by Gasteiger charge is -2.25. The number of carbonyl (C=O) groups is 1. The summed E-state index contributed by atoms with van der Waals surface area (Å²) in [4.78, 5) is 16.7. The lowest BCUT2D eigenvalue weighted by Crippen LogP contribution is -2.26. The van der Waals surface area contributed by atoms with Crippen molar-refractivity contribution in [2.45, 2.75) is 57.5 Å². The Morgan fingerprint density at radius 2 is 2.04 bits per heavy atom. The molecule has 1 saturated carbocycles. The number of benzene rings is 1. The van der Waals surface area contributed by atoms with Gasteiger partial charge in [0.15, 0.2) is 0 Å². The number of halogens is 1. The third-order valence-corrected chi connectivity index (χ3v) is 4.29. The summed E-state index contributed by atoms with van der Waals surface area (Å²) in [5, 5.41) is 2.96. The largest absolute Gasteiger partial charge is 0.327 e. The van der Waals surface area contributed by atoms with Crippen molar-refractivity contribution in [3.8, 4) is 0 Å². The summed E-state index contributed by atoms with van der Waals surface area (Å²) < 4.78 is 2.22. The van der Waals surface area contributed by atoms with Crippen molar-refractivity contribution in [2.24, 2.45) is 5.73 Å². The second-order valence-electron chi connectivity index (χ2n) is 6.32. The van der Waals surface area contributed by atoms with Gasteiger partial charge in [0.1, 0.15) is 0 Å². The third-order valence-electron chi connectivity index (χ3n) is 4.29. The van der Waals surface area contributed by atoms with E-state index in [1.807, 2.05) is 25.1 Å². The number of imidazole rings is 1. The molecule has 0 spiro atoms. The van der Waals surface area contributed by atoms with Crippen LogP contribution in [0.2, 0.25) is 0 Å². The van der Waals surface area contributed by atoms with Crippen molar-refractivity contribution >= 4 is 35.3 Å². The van der Waals surface area contributed by atoms with E-state index in [9.17, 15) is 4.79 Å². The number of carbonyl (C=O) groups excluding carboxylic acids is 1. The molecule has 1 aromatic carbocycles. The van der Waals surface area contributed by atoms with E-state index >= 15 is 0 Å². The van der Waals surface area contributed by atoms with Crippen LogP contribution in [0.15, 0.2) is 24.3 Å². The van der Waals surface area contributed by atoms with Gasteiger partial charge in [0.2, 0.25) is 11.9 Å². The molecule has 1 aromatic heterocycles. The first kappa shape index (κ1) is 17.8. The maximum Gasteiger partial charge on any atom is 0.228 e. The number of aromatic nitrogens is 2. The Hall–Kier alpha value is -1.59. The molecule has 0 aliphatic heterocycles. The van der Waals surface area contributed by atoms with Gasteiger partial charge in [0, 0.05) is 18.5 Å². The third kappa shape index (κ3) is 4.03. The predicted octanol–water partition coefficient (Wildman–Crippen LogP) is 3.64. The minimum absolute atomic E-state index is 0. The van der Waals surface area contributed by atoms with Crippen molar-refractivity contribution < 1.29 is 4.79 Å². The molecule has 0 radical (unpaired) electrons. The molecule has 1 amide bonds. The molecule has 1 atom stereocenters. The van der Waals surface area contributed by atoms with Crippen LogP contribution in [0, 0.1) is 0 Å². The minimum atomic E-state index is -0.146. The van der Waals surface area contributed by atoms with Gasteiger partial charge in [0.25, 0.3) is 0 Å². The van der Waals surface area contributed by atoms with Crippen molar-refractivity contribution in [1.82, 2.24) is 9.55 Å². The summed E-state index contributed by atoms with van der Waals surface area (Å²) in [5.41, 5.74) is 7.75. The summed E-state index contributed by atoms with van der Waals surface area (Å²) in [6, 6.07) is 8.36. The van der Waals surface area contributed by atoms with E-state index in [4.69, 9.17) is 5.73 Å². The number of anilines is 1. The predicted molar refractivity (Wildman–Crippen MR) is 96.0 cm³/mol. The molecule has 1 aliphatic rings. The summed E-state index contributed by atoms with van der Waals surface area (Å²) in [7, 11) is 0. The van der Waals surface area contributed by atoms with Crippen LogP contribution in [0.3, 0.4) is 0 Å². The van der Waals surface area contributed by atoms with Gasteiger partial charge in [-0.3, -0.25) is 10.1 Å². The van der Waals surface area contributed by atoms with Gasteiger partial charge in [-0.2, -0.15) is 0 Å². The zero-order valence-electron chi connectivity index (χ0n) is 13.5. The van der Waals surface area contributed by atoms with Gasteiger partial charge in [-0.1, -0.05) is 31.4 Å². The average molecular weight is 337 g/mol. The second kappa shape index (κ2) is 7.79. The number of fused-ring (bicyclic) bond motifs is 1. The van der Waals surface area contributed by atoms with E-state index in [-0.39, 0.29) is 24.4 Å². The van der Waals surface area contributed by atoms with Gasteiger partial charge in [-0.25, -0.2) is 4.98 Å². The van der Waals surface area contributed by atoms with Crippen molar-refractivity contribution in [3.63, 3.8) is 0 Å². The Morgan fingerprint density at radius 1 is 1.35 bits per heavy atom. The highest BCUT2D eigenvalue weighted by molar-refractivity contribution is 5.91. The fraction of sp³-hybridized carbons (Fsp3) is 0.529. The molecule has 1 aliphatic carbocycles. The highest BCUT2D eigenvalue weighted by Crippen LogP contribution is 2.34. The summed E-state index contributed by atoms with van der Waals surface area (Å²) in [6.45, 7) is 1.84. The van der Waals surface area contributed by atoms with Crippen LogP contribution >= 0.6 is 12.4 Å². The van der Waals surface area contributed by atoms with Gasteiger partial charge < -0.3 is 10.3 Å². The first-order valence-electron chi connectivity index (χ1n) is 8.17. The van der Waals surface area contributed by atoms with E-state index < -0.39 is 0 Å². The lowest BCUT2D eigenvalue weighted by atomic mass is 9.95. The second-order valence-corrected chi connectivity index (χ2v) is 6.32. The van der Waals surface area contributed by atoms with Crippen LogP contribution in [-0.4, -0.2) is 21.5 Å². The summed E-state index contributed by atoms with van der Waals surface area (Å²) in [5.74, 6) is 0.598. The molecule has 6 heteroatoms. The van der Waals surface area contributed by atoms with Crippen LogP contribution in [-0.2, 0) is 4.79 Å². The van der Waals surface area contributed by atoms with Gasteiger partial charge in [0.05, 0.1) is 11.0 Å². The van der Waals surface area contributed by atoms with Crippen molar-refractivity contribution in [3.05, 3.63) is 24.3 Å². The number of para-hydroxylation sites is 2. The molecule has 1 fully saturated rings. The van der Waals surface area contributed by atoms with E-state index in [2.05, 4.69) is 20.9 Å². The van der Waals surface area contributed by atoms with E-state index in [1.165, 1.54) is 19.3 Å². The fourth-order valence-corrected chi connectivity index (χ4v) is 3.31. The molecule has 5 nitrogen and oxygen atoms in total. The first-order chi connectivity index (χ1) is 10.6. The zero-order chi connectivity index (χ0) is 15.5. The molecule has 2 aromatic rings. The van der Waals surface area contributed by atoms with Crippen LogP contribution in [0.5, 0.6) is 0 Å². The molecule has 0 saturated heterocycles. The number of nitrogens with zero attached hydrogens (tertiary/aromatic N) is 2. The Bertz CT molecular complexity index is 662. The van der Waals surface area contributed by atoms with Crippen molar-refractivity contribution in [1.29, 1.82) is 0 Å². The monoisotopic (exact) mass is 336 g/mol. The Labute approximate surface area is 143 Å². The van der Waals surface area contributed by atoms with Crippen LogP contribution in [0.25, 0.3) is 11.0 Å².